The Morgan fingerprint density at radius 3 is 2.75 bits per heavy atom. The Labute approximate surface area is 74.9 Å². The lowest BCUT2D eigenvalue weighted by molar-refractivity contribution is 0.0949. The summed E-state index contributed by atoms with van der Waals surface area (Å²) in [4.78, 5) is 2.47. The molecule has 0 aromatic carbocycles. The minimum absolute atomic E-state index is 0.701. The summed E-state index contributed by atoms with van der Waals surface area (Å²) in [6, 6.07) is 0.701. The van der Waals surface area contributed by atoms with E-state index in [1.807, 2.05) is 0 Å². The SMILES string of the molecule is CCOCC1CC2(CC2)CN1C. The third-order valence-electron chi connectivity index (χ3n) is 3.35. The maximum absolute atomic E-state index is 5.47. The van der Waals surface area contributed by atoms with E-state index in [0.717, 1.165) is 18.6 Å². The zero-order valence-corrected chi connectivity index (χ0v) is 8.18. The van der Waals surface area contributed by atoms with Crippen LogP contribution in [0, 0.1) is 5.41 Å². The predicted molar refractivity (Wildman–Crippen MR) is 49.2 cm³/mol. The summed E-state index contributed by atoms with van der Waals surface area (Å²) in [7, 11) is 2.23. The normalized spacial score (nSPS) is 33.0. The van der Waals surface area contributed by atoms with E-state index in [1.54, 1.807) is 0 Å². The molecular weight excluding hydrogens is 150 g/mol. The Kier molecular flexibility index (Phi) is 2.13. The molecule has 0 amide bonds. The summed E-state index contributed by atoms with van der Waals surface area (Å²) in [5, 5.41) is 0. The van der Waals surface area contributed by atoms with Crippen molar-refractivity contribution in [2.45, 2.75) is 32.2 Å². The van der Waals surface area contributed by atoms with Gasteiger partial charge in [0.05, 0.1) is 6.61 Å². The number of ether oxygens (including phenoxy) is 1. The van der Waals surface area contributed by atoms with Crippen LogP contribution in [0.3, 0.4) is 0 Å². The first-order chi connectivity index (χ1) is 5.76. The molecule has 0 bridgehead atoms. The number of hydrogen-bond donors (Lipinski definition) is 0. The van der Waals surface area contributed by atoms with Crippen molar-refractivity contribution in [3.63, 3.8) is 0 Å². The second-order valence-electron chi connectivity index (χ2n) is 4.43. The van der Waals surface area contributed by atoms with E-state index in [9.17, 15) is 0 Å². The maximum atomic E-state index is 5.47. The fourth-order valence-corrected chi connectivity index (χ4v) is 2.36. The van der Waals surface area contributed by atoms with Gasteiger partial charge in [-0.25, -0.2) is 0 Å². The van der Waals surface area contributed by atoms with Crippen molar-refractivity contribution in [2.75, 3.05) is 26.8 Å². The highest BCUT2D eigenvalue weighted by molar-refractivity contribution is 5.03. The van der Waals surface area contributed by atoms with E-state index in [0.29, 0.717) is 6.04 Å². The highest BCUT2D eigenvalue weighted by atomic mass is 16.5. The number of likely N-dealkylation sites (N-methyl/N-ethyl adjacent to an activating group) is 1. The van der Waals surface area contributed by atoms with Crippen molar-refractivity contribution in [1.29, 1.82) is 0 Å². The largest absolute Gasteiger partial charge is 0.380 e. The second kappa shape index (κ2) is 3.00. The van der Waals surface area contributed by atoms with E-state index >= 15 is 0 Å². The third kappa shape index (κ3) is 1.50. The van der Waals surface area contributed by atoms with Gasteiger partial charge in [-0.15, -0.1) is 0 Å². The minimum Gasteiger partial charge on any atom is -0.380 e. The van der Waals surface area contributed by atoms with Gasteiger partial charge in [-0.2, -0.15) is 0 Å². The molecule has 2 aliphatic rings. The van der Waals surface area contributed by atoms with Gasteiger partial charge in [0.1, 0.15) is 0 Å². The van der Waals surface area contributed by atoms with Crippen molar-refractivity contribution in [2.24, 2.45) is 5.41 Å². The van der Waals surface area contributed by atoms with Crippen molar-refractivity contribution in [3.8, 4) is 0 Å². The number of hydrogen-bond acceptors (Lipinski definition) is 2. The molecule has 2 rings (SSSR count). The van der Waals surface area contributed by atoms with E-state index < -0.39 is 0 Å². The fourth-order valence-electron chi connectivity index (χ4n) is 2.36. The molecule has 70 valence electrons. The van der Waals surface area contributed by atoms with Gasteiger partial charge in [0.2, 0.25) is 0 Å². The molecule has 0 aromatic heterocycles. The van der Waals surface area contributed by atoms with Crippen molar-refractivity contribution in [3.05, 3.63) is 0 Å². The predicted octanol–water partition coefficient (Wildman–Crippen LogP) is 1.51. The number of nitrogens with zero attached hydrogens (tertiary/aromatic N) is 1. The van der Waals surface area contributed by atoms with Crippen LogP contribution in [0.25, 0.3) is 0 Å². The standard InChI is InChI=1S/C10H19NO/c1-3-12-7-9-6-10(4-5-10)8-11(9)2/h9H,3-8H2,1-2H3. The van der Waals surface area contributed by atoms with Gasteiger partial charge >= 0.3 is 0 Å². The summed E-state index contributed by atoms with van der Waals surface area (Å²) >= 11 is 0. The Morgan fingerprint density at radius 1 is 1.50 bits per heavy atom. The number of likely N-dealkylation sites (tertiary alicyclic amines) is 1. The molecule has 0 radical (unpaired) electrons. The average Bonchev–Trinajstić information content (AvgIpc) is 2.70. The van der Waals surface area contributed by atoms with Gasteiger partial charge in [-0.05, 0) is 38.6 Å². The smallest absolute Gasteiger partial charge is 0.0621 e. The summed E-state index contributed by atoms with van der Waals surface area (Å²) in [5.74, 6) is 0. The molecule has 2 heteroatoms. The van der Waals surface area contributed by atoms with Crippen molar-refractivity contribution >= 4 is 0 Å². The van der Waals surface area contributed by atoms with Crippen LogP contribution in [0.4, 0.5) is 0 Å². The molecule has 1 spiro atoms. The summed E-state index contributed by atoms with van der Waals surface area (Å²) in [5.41, 5.74) is 0.733. The van der Waals surface area contributed by atoms with Gasteiger partial charge in [0.15, 0.2) is 0 Å². The number of rotatable bonds is 3. The quantitative estimate of drug-likeness (QED) is 0.635. The Morgan fingerprint density at radius 2 is 2.25 bits per heavy atom. The molecule has 2 nitrogen and oxygen atoms in total. The Hall–Kier alpha value is -0.0800. The Bertz CT molecular complexity index is 165. The van der Waals surface area contributed by atoms with Crippen LogP contribution >= 0.6 is 0 Å². The molecule has 0 aromatic rings. The first kappa shape index (κ1) is 8.52. The topological polar surface area (TPSA) is 12.5 Å². The second-order valence-corrected chi connectivity index (χ2v) is 4.43. The first-order valence-corrected chi connectivity index (χ1v) is 5.04. The van der Waals surface area contributed by atoms with Crippen LogP contribution in [0.1, 0.15) is 26.2 Å². The molecule has 0 N–H and O–H groups in total. The van der Waals surface area contributed by atoms with E-state index in [-0.39, 0.29) is 0 Å². The lowest BCUT2D eigenvalue weighted by Gasteiger charge is -2.18. The minimum atomic E-state index is 0.701. The molecule has 1 unspecified atom stereocenters. The van der Waals surface area contributed by atoms with Crippen molar-refractivity contribution < 1.29 is 4.74 Å². The average molecular weight is 169 g/mol. The molecule has 1 aliphatic carbocycles. The molecule has 1 atom stereocenters. The highest BCUT2D eigenvalue weighted by Gasteiger charge is 2.50. The van der Waals surface area contributed by atoms with Crippen LogP contribution in [0.5, 0.6) is 0 Å². The molecule has 12 heavy (non-hydrogen) atoms. The highest BCUT2D eigenvalue weighted by Crippen LogP contribution is 2.54. The van der Waals surface area contributed by atoms with E-state index in [4.69, 9.17) is 4.74 Å². The summed E-state index contributed by atoms with van der Waals surface area (Å²) < 4.78 is 5.47. The van der Waals surface area contributed by atoms with Gasteiger partial charge in [0, 0.05) is 19.2 Å². The molecule has 1 aliphatic heterocycles. The zero-order valence-electron chi connectivity index (χ0n) is 8.18. The van der Waals surface area contributed by atoms with E-state index in [1.165, 1.54) is 25.8 Å². The van der Waals surface area contributed by atoms with Gasteiger partial charge in [-0.3, -0.25) is 0 Å². The summed E-state index contributed by atoms with van der Waals surface area (Å²) in [6.07, 6.45) is 4.30. The van der Waals surface area contributed by atoms with Crippen LogP contribution in [0.15, 0.2) is 0 Å². The lowest BCUT2D eigenvalue weighted by Crippen LogP contribution is -2.29. The molecule has 1 saturated carbocycles. The van der Waals surface area contributed by atoms with Gasteiger partial charge in [-0.1, -0.05) is 0 Å². The molecule has 1 heterocycles. The third-order valence-corrected chi connectivity index (χ3v) is 3.35. The summed E-state index contributed by atoms with van der Waals surface area (Å²) in [6.45, 7) is 5.18. The molecule has 1 saturated heterocycles. The monoisotopic (exact) mass is 169 g/mol. The van der Waals surface area contributed by atoms with Gasteiger partial charge in [0.25, 0.3) is 0 Å². The van der Waals surface area contributed by atoms with Crippen LogP contribution in [-0.2, 0) is 4.74 Å². The first-order valence-electron chi connectivity index (χ1n) is 5.04. The van der Waals surface area contributed by atoms with Crippen LogP contribution in [-0.4, -0.2) is 37.7 Å². The zero-order chi connectivity index (χ0) is 8.60. The fraction of sp³-hybridized carbons (Fsp3) is 1.00. The van der Waals surface area contributed by atoms with E-state index in [2.05, 4.69) is 18.9 Å². The van der Waals surface area contributed by atoms with Gasteiger partial charge < -0.3 is 9.64 Å². The molecule has 2 fully saturated rings. The van der Waals surface area contributed by atoms with Crippen LogP contribution in [0.2, 0.25) is 0 Å². The van der Waals surface area contributed by atoms with Crippen LogP contribution < -0.4 is 0 Å². The Balaban J connectivity index is 1.82. The molecular formula is C10H19NO. The van der Waals surface area contributed by atoms with Crippen molar-refractivity contribution in [1.82, 2.24) is 4.90 Å². The lowest BCUT2D eigenvalue weighted by atomic mass is 10.0. The maximum Gasteiger partial charge on any atom is 0.0621 e.